The van der Waals surface area contributed by atoms with Crippen LogP contribution in [0.5, 0.6) is 11.5 Å². The number of hydrogen-bond donors (Lipinski definition) is 1. The molecule has 8 nitrogen and oxygen atoms in total. The molecule has 2 heterocycles. The lowest BCUT2D eigenvalue weighted by Crippen LogP contribution is -2.15. The highest BCUT2D eigenvalue weighted by Crippen LogP contribution is 2.47. The van der Waals surface area contributed by atoms with E-state index in [1.54, 1.807) is 36.4 Å². The van der Waals surface area contributed by atoms with Crippen molar-refractivity contribution in [3.8, 4) is 34.0 Å². The molecule has 0 saturated heterocycles. The molecule has 0 amide bonds. The molecular weight excluding hydrogens is 565 g/mol. The van der Waals surface area contributed by atoms with Crippen molar-refractivity contribution in [2.75, 3.05) is 13.7 Å². The third kappa shape index (κ3) is 5.56. The molecule has 3 aromatic carbocycles. The van der Waals surface area contributed by atoms with Crippen LogP contribution < -0.4 is 9.47 Å². The molecule has 0 saturated carbocycles. The van der Waals surface area contributed by atoms with Crippen LogP contribution in [-0.2, 0) is 27.7 Å². The average molecular weight is 595 g/mol. The zero-order valence-corrected chi connectivity index (χ0v) is 23.7. The molecule has 4 aromatic rings. The van der Waals surface area contributed by atoms with Gasteiger partial charge in [-0.25, -0.2) is 0 Å². The van der Waals surface area contributed by atoms with Gasteiger partial charge in [-0.15, -0.1) is 0 Å². The summed E-state index contributed by atoms with van der Waals surface area (Å²) >= 11 is 0. The second-order valence-electron chi connectivity index (χ2n) is 11.2. The molecule has 0 unspecified atom stereocenters. The van der Waals surface area contributed by atoms with Gasteiger partial charge in [-0.2, -0.15) is 18.2 Å². The smallest absolute Gasteiger partial charge is 0.417 e. The molecule has 0 radical (unpaired) electrons. The Bertz CT molecular complexity index is 1670. The van der Waals surface area contributed by atoms with Crippen molar-refractivity contribution in [1.82, 2.24) is 10.1 Å². The summed E-state index contributed by atoms with van der Waals surface area (Å²) in [5, 5.41) is 14.0. The van der Waals surface area contributed by atoms with Crippen molar-refractivity contribution >= 4 is 5.97 Å². The van der Waals surface area contributed by atoms with Crippen molar-refractivity contribution in [2.45, 2.75) is 56.9 Å². The van der Waals surface area contributed by atoms with E-state index in [4.69, 9.17) is 18.7 Å². The molecule has 224 valence electrons. The summed E-state index contributed by atoms with van der Waals surface area (Å²) in [4.78, 5) is 15.9. The topological polar surface area (TPSA) is 104 Å². The lowest BCUT2D eigenvalue weighted by molar-refractivity contribution is -0.141. The van der Waals surface area contributed by atoms with E-state index in [0.717, 1.165) is 11.6 Å². The van der Waals surface area contributed by atoms with E-state index >= 15 is 0 Å². The van der Waals surface area contributed by atoms with Gasteiger partial charge >= 0.3 is 12.1 Å². The Kier molecular flexibility index (Phi) is 7.16. The Morgan fingerprint density at radius 2 is 1.77 bits per heavy atom. The summed E-state index contributed by atoms with van der Waals surface area (Å²) in [5.74, 6) is 0.987. The minimum atomic E-state index is -4.56. The third-order valence-electron chi connectivity index (χ3n) is 7.82. The van der Waals surface area contributed by atoms with Crippen LogP contribution >= 0.6 is 0 Å². The predicted octanol–water partition coefficient (Wildman–Crippen LogP) is 6.76. The first-order valence-electron chi connectivity index (χ1n) is 13.8. The van der Waals surface area contributed by atoms with Gasteiger partial charge in [0.05, 0.1) is 25.7 Å². The number of halogens is 3. The van der Waals surface area contributed by atoms with Crippen molar-refractivity contribution in [3.05, 3.63) is 82.7 Å². The van der Waals surface area contributed by atoms with Crippen molar-refractivity contribution in [2.24, 2.45) is 0 Å². The molecule has 1 N–H and O–H groups in total. The molecular formula is C32H29F3N2O6. The standard InChI is InChI=1S/C32H29F3N2O6/c1-31(2,39)30-36-29(37-43-30)18-6-4-17(5-7-18)28-23-11-13-25(22(23)10-12-24(28)32(33,34)35)42-20-8-9-21-19(14-27(38)40-3)16-41-26(21)15-20/h4-10,12,15,19,25,39H,11,13-14,16H2,1-3H3/t19-,25-/m1/s1. The van der Waals surface area contributed by atoms with E-state index in [0.29, 0.717) is 53.2 Å². The van der Waals surface area contributed by atoms with E-state index in [-0.39, 0.29) is 35.6 Å². The maximum atomic E-state index is 14.2. The molecule has 1 aliphatic heterocycles. The molecule has 11 heteroatoms. The fraction of sp³-hybridized carbons (Fsp3) is 0.344. The SMILES string of the molecule is COC(=O)C[C@@H]1COc2cc(O[C@@H]3CCc4c3ccc(C(F)(F)F)c4-c3ccc(-c4noc(C(C)(C)O)n4)cc3)ccc21. The van der Waals surface area contributed by atoms with Gasteiger partial charge < -0.3 is 23.8 Å². The predicted molar refractivity (Wildman–Crippen MR) is 148 cm³/mol. The number of aromatic nitrogens is 2. The lowest BCUT2D eigenvalue weighted by Gasteiger charge is -2.20. The van der Waals surface area contributed by atoms with E-state index < -0.39 is 23.4 Å². The maximum absolute atomic E-state index is 14.2. The number of carbonyl (C=O) groups excluding carboxylic acids is 1. The highest BCUT2D eigenvalue weighted by Gasteiger charge is 2.38. The Morgan fingerprint density at radius 1 is 1.05 bits per heavy atom. The van der Waals surface area contributed by atoms with Crippen LogP contribution in [0.3, 0.4) is 0 Å². The number of nitrogens with zero attached hydrogens (tertiary/aromatic N) is 2. The van der Waals surface area contributed by atoms with E-state index in [9.17, 15) is 23.1 Å². The number of ether oxygens (including phenoxy) is 3. The van der Waals surface area contributed by atoms with Crippen molar-refractivity contribution in [3.63, 3.8) is 0 Å². The lowest BCUT2D eigenvalue weighted by atomic mass is 9.91. The number of hydrogen-bond acceptors (Lipinski definition) is 8. The largest absolute Gasteiger partial charge is 0.492 e. The minimum Gasteiger partial charge on any atom is -0.492 e. The molecule has 43 heavy (non-hydrogen) atoms. The number of aliphatic hydroxyl groups is 1. The number of esters is 1. The number of methoxy groups -OCH3 is 1. The minimum absolute atomic E-state index is 0.0359. The fourth-order valence-electron chi connectivity index (χ4n) is 5.68. The Balaban J connectivity index is 1.29. The summed E-state index contributed by atoms with van der Waals surface area (Å²) in [6, 6.07) is 14.5. The zero-order chi connectivity index (χ0) is 30.5. The van der Waals surface area contributed by atoms with Crippen LogP contribution in [0.15, 0.2) is 59.1 Å². The molecule has 6 rings (SSSR count). The number of carbonyl (C=O) groups is 1. The summed E-state index contributed by atoms with van der Waals surface area (Å²) in [7, 11) is 1.35. The summed E-state index contributed by atoms with van der Waals surface area (Å²) in [5.41, 5.74) is 1.21. The van der Waals surface area contributed by atoms with E-state index in [2.05, 4.69) is 10.1 Å². The van der Waals surface area contributed by atoms with Crippen molar-refractivity contribution in [1.29, 1.82) is 0 Å². The summed E-state index contributed by atoms with van der Waals surface area (Å²) in [6.07, 6.45) is -3.88. The van der Waals surface area contributed by atoms with Gasteiger partial charge in [0, 0.05) is 23.1 Å². The number of benzene rings is 3. The van der Waals surface area contributed by atoms with Crippen LogP contribution in [-0.4, -0.2) is 34.9 Å². The maximum Gasteiger partial charge on any atom is 0.417 e. The highest BCUT2D eigenvalue weighted by molar-refractivity contribution is 5.76. The Hall–Kier alpha value is -4.38. The summed E-state index contributed by atoms with van der Waals surface area (Å²) < 4.78 is 64.7. The van der Waals surface area contributed by atoms with Gasteiger partial charge in [-0.1, -0.05) is 41.6 Å². The monoisotopic (exact) mass is 594 g/mol. The quantitative estimate of drug-likeness (QED) is 0.234. The molecule has 0 spiro atoms. The second kappa shape index (κ2) is 10.7. The van der Waals surface area contributed by atoms with Gasteiger partial charge in [0.15, 0.2) is 0 Å². The highest BCUT2D eigenvalue weighted by atomic mass is 19.4. The van der Waals surface area contributed by atoms with E-state index in [1.807, 2.05) is 6.07 Å². The van der Waals surface area contributed by atoms with Crippen LogP contribution in [0.4, 0.5) is 13.2 Å². The molecule has 2 aliphatic rings. The Morgan fingerprint density at radius 3 is 2.44 bits per heavy atom. The summed E-state index contributed by atoms with van der Waals surface area (Å²) in [6.45, 7) is 3.38. The second-order valence-corrected chi connectivity index (χ2v) is 11.2. The zero-order valence-electron chi connectivity index (χ0n) is 23.7. The first kappa shape index (κ1) is 28.7. The fourth-order valence-corrected chi connectivity index (χ4v) is 5.68. The van der Waals surface area contributed by atoms with Gasteiger partial charge in [-0.3, -0.25) is 4.79 Å². The number of fused-ring (bicyclic) bond motifs is 2. The third-order valence-corrected chi connectivity index (χ3v) is 7.82. The van der Waals surface area contributed by atoms with Gasteiger partial charge in [0.1, 0.15) is 23.2 Å². The average Bonchev–Trinajstić information content (AvgIpc) is 3.71. The molecule has 0 fully saturated rings. The first-order chi connectivity index (χ1) is 20.4. The normalized spacial score (nSPS) is 17.7. The van der Waals surface area contributed by atoms with Crippen LogP contribution in [0.2, 0.25) is 0 Å². The van der Waals surface area contributed by atoms with Crippen LogP contribution in [0.25, 0.3) is 22.5 Å². The first-order valence-corrected chi connectivity index (χ1v) is 13.8. The van der Waals surface area contributed by atoms with Crippen LogP contribution in [0.1, 0.15) is 66.9 Å². The number of alkyl halides is 3. The molecule has 0 bridgehead atoms. The van der Waals surface area contributed by atoms with Crippen LogP contribution in [0, 0.1) is 0 Å². The molecule has 1 aliphatic carbocycles. The van der Waals surface area contributed by atoms with Crippen molar-refractivity contribution < 1.29 is 41.8 Å². The molecule has 2 atom stereocenters. The van der Waals surface area contributed by atoms with Gasteiger partial charge in [-0.05, 0) is 61.1 Å². The molecule has 1 aromatic heterocycles. The van der Waals surface area contributed by atoms with E-state index in [1.165, 1.54) is 27.0 Å². The Labute approximate surface area is 245 Å². The van der Waals surface area contributed by atoms with Gasteiger partial charge in [0.2, 0.25) is 5.82 Å². The number of rotatable bonds is 7. The van der Waals surface area contributed by atoms with Gasteiger partial charge in [0.25, 0.3) is 5.89 Å².